The van der Waals surface area contributed by atoms with Gasteiger partial charge in [-0.15, -0.1) is 24.0 Å². The molecule has 1 aromatic carbocycles. The zero-order valence-corrected chi connectivity index (χ0v) is 17.1. The fourth-order valence-corrected chi connectivity index (χ4v) is 2.60. The Morgan fingerprint density at radius 2 is 2.12 bits per heavy atom. The van der Waals surface area contributed by atoms with Crippen molar-refractivity contribution < 1.29 is 9.15 Å². The molecule has 0 fully saturated rings. The van der Waals surface area contributed by atoms with Crippen LogP contribution in [0.3, 0.4) is 0 Å². The van der Waals surface area contributed by atoms with Crippen LogP contribution in [0.5, 0.6) is 5.75 Å². The molecule has 7 heteroatoms. The second kappa shape index (κ2) is 8.07. The molecule has 1 aromatic heterocycles. The van der Waals surface area contributed by atoms with Crippen LogP contribution < -0.4 is 15.8 Å². The molecule has 136 valence electrons. The van der Waals surface area contributed by atoms with Crippen molar-refractivity contribution >= 4 is 29.9 Å². The smallest absolute Gasteiger partial charge is 0.216 e. The quantitative estimate of drug-likeness (QED) is 0.420. The topological polar surface area (TPSA) is 85.7 Å². The molecule has 0 amide bonds. The molecule has 0 saturated heterocycles. The van der Waals surface area contributed by atoms with E-state index in [1.54, 1.807) is 6.20 Å². The average molecular weight is 456 g/mol. The number of rotatable bonds is 3. The van der Waals surface area contributed by atoms with Crippen LogP contribution in [0.1, 0.15) is 50.4 Å². The van der Waals surface area contributed by atoms with E-state index < -0.39 is 0 Å². The summed E-state index contributed by atoms with van der Waals surface area (Å²) >= 11 is 0. The molecule has 0 spiro atoms. The number of aliphatic imine (C=N–C) groups is 1. The molecule has 25 heavy (non-hydrogen) atoms. The van der Waals surface area contributed by atoms with Crippen molar-refractivity contribution in [1.82, 2.24) is 10.3 Å². The van der Waals surface area contributed by atoms with Crippen molar-refractivity contribution in [2.24, 2.45) is 10.7 Å². The van der Waals surface area contributed by atoms with Gasteiger partial charge in [0.1, 0.15) is 18.1 Å². The van der Waals surface area contributed by atoms with Crippen LogP contribution in [0, 0.1) is 0 Å². The maximum atomic E-state index is 6.03. The summed E-state index contributed by atoms with van der Waals surface area (Å²) < 4.78 is 11.4. The van der Waals surface area contributed by atoms with Crippen LogP contribution in [0.25, 0.3) is 0 Å². The lowest BCUT2D eigenvalue weighted by Gasteiger charge is -2.26. The summed E-state index contributed by atoms with van der Waals surface area (Å²) in [5, 5.41) is 3.26. The summed E-state index contributed by atoms with van der Waals surface area (Å²) in [5.41, 5.74) is 7.07. The second-order valence-electron chi connectivity index (χ2n) is 6.94. The van der Waals surface area contributed by atoms with Crippen LogP contribution >= 0.6 is 24.0 Å². The van der Waals surface area contributed by atoms with Crippen molar-refractivity contribution in [3.63, 3.8) is 0 Å². The number of nitrogens with two attached hydrogens (primary N) is 1. The molecule has 2 aromatic rings. The zero-order chi connectivity index (χ0) is 17.2. The highest BCUT2D eigenvalue weighted by Gasteiger charge is 2.21. The van der Waals surface area contributed by atoms with Gasteiger partial charge in [0.05, 0.1) is 18.8 Å². The Hall–Kier alpha value is -1.77. The number of halogens is 1. The number of oxazole rings is 1. The van der Waals surface area contributed by atoms with Gasteiger partial charge in [0.2, 0.25) is 5.89 Å². The Bertz CT molecular complexity index is 737. The molecular formula is C18H25IN4O2. The summed E-state index contributed by atoms with van der Waals surface area (Å²) in [5.74, 6) is 2.69. The van der Waals surface area contributed by atoms with Gasteiger partial charge in [-0.2, -0.15) is 0 Å². The molecule has 0 aliphatic carbocycles. The number of hydrogen-bond donors (Lipinski definition) is 2. The third-order valence-corrected chi connectivity index (χ3v) is 3.96. The summed E-state index contributed by atoms with van der Waals surface area (Å²) in [6, 6.07) is 8.08. The monoisotopic (exact) mass is 456 g/mol. The third kappa shape index (κ3) is 4.87. The predicted molar refractivity (Wildman–Crippen MR) is 108 cm³/mol. The fraction of sp³-hybridized carbons (Fsp3) is 0.444. The molecule has 6 nitrogen and oxygen atoms in total. The van der Waals surface area contributed by atoms with Crippen molar-refractivity contribution in [3.8, 4) is 5.75 Å². The molecule has 3 rings (SSSR count). The summed E-state index contributed by atoms with van der Waals surface area (Å²) in [6.07, 6.45) is 2.60. The standard InChI is InChI=1S/C18H24N4O2.HI/c1-18(2,3)15-10-20-16(24-15)11-21-17(19)22-13-8-9-23-14-7-5-4-6-12(13)14;/h4-7,10,13H,8-9,11H2,1-3H3,(H3,19,21,22);1H. The molecule has 1 unspecified atom stereocenters. The number of guanidine groups is 1. The van der Waals surface area contributed by atoms with Gasteiger partial charge in [-0.1, -0.05) is 39.0 Å². The van der Waals surface area contributed by atoms with Crippen LogP contribution in [0.2, 0.25) is 0 Å². The number of ether oxygens (including phenoxy) is 1. The van der Waals surface area contributed by atoms with Crippen LogP contribution in [-0.2, 0) is 12.0 Å². The van der Waals surface area contributed by atoms with E-state index in [9.17, 15) is 0 Å². The minimum absolute atomic E-state index is 0. The number of aromatic nitrogens is 1. The minimum atomic E-state index is -0.0649. The van der Waals surface area contributed by atoms with E-state index >= 15 is 0 Å². The third-order valence-electron chi connectivity index (χ3n) is 3.96. The average Bonchev–Trinajstić information content (AvgIpc) is 3.03. The Kier molecular flexibility index (Phi) is 6.31. The molecule has 2 heterocycles. The van der Waals surface area contributed by atoms with Gasteiger partial charge in [-0.05, 0) is 6.07 Å². The van der Waals surface area contributed by atoms with Crippen LogP contribution in [0.4, 0.5) is 0 Å². The summed E-state index contributed by atoms with van der Waals surface area (Å²) in [7, 11) is 0. The zero-order valence-electron chi connectivity index (χ0n) is 14.8. The van der Waals surface area contributed by atoms with Gasteiger partial charge in [0.15, 0.2) is 5.96 Å². The van der Waals surface area contributed by atoms with E-state index in [-0.39, 0.29) is 35.4 Å². The van der Waals surface area contributed by atoms with Crippen molar-refractivity contribution in [2.75, 3.05) is 6.61 Å². The number of para-hydroxylation sites is 1. The first-order valence-corrected chi connectivity index (χ1v) is 8.17. The van der Waals surface area contributed by atoms with Crippen LogP contribution in [-0.4, -0.2) is 17.6 Å². The Morgan fingerprint density at radius 1 is 1.36 bits per heavy atom. The number of fused-ring (bicyclic) bond motifs is 1. The van der Waals surface area contributed by atoms with Gasteiger partial charge in [0.25, 0.3) is 0 Å². The molecular weight excluding hydrogens is 431 g/mol. The van der Waals surface area contributed by atoms with E-state index in [0.717, 1.165) is 23.5 Å². The number of benzene rings is 1. The Balaban J connectivity index is 0.00000225. The first-order chi connectivity index (χ1) is 11.4. The lowest BCUT2D eigenvalue weighted by atomic mass is 9.94. The van der Waals surface area contributed by atoms with Gasteiger partial charge in [0, 0.05) is 17.4 Å². The highest BCUT2D eigenvalue weighted by atomic mass is 127. The maximum absolute atomic E-state index is 6.03. The summed E-state index contributed by atoms with van der Waals surface area (Å²) in [6.45, 7) is 7.23. The van der Waals surface area contributed by atoms with E-state index in [2.05, 4.69) is 36.1 Å². The van der Waals surface area contributed by atoms with E-state index in [1.165, 1.54) is 0 Å². The number of nitrogens with zero attached hydrogens (tertiary/aromatic N) is 2. The SMILES string of the molecule is CC(C)(C)c1cnc(CN=C(N)NC2CCOc3ccccc32)o1.I. The maximum Gasteiger partial charge on any atom is 0.216 e. The van der Waals surface area contributed by atoms with Crippen molar-refractivity contribution in [2.45, 2.75) is 45.2 Å². The Labute approximate surface area is 165 Å². The van der Waals surface area contributed by atoms with E-state index in [1.807, 2.05) is 24.3 Å². The highest BCUT2D eigenvalue weighted by Crippen LogP contribution is 2.31. The molecule has 1 aliphatic rings. The predicted octanol–water partition coefficient (Wildman–Crippen LogP) is 3.52. The number of nitrogens with one attached hydrogen (secondary N) is 1. The molecule has 3 N–H and O–H groups in total. The largest absolute Gasteiger partial charge is 0.493 e. The normalized spacial score (nSPS) is 17.2. The molecule has 1 atom stereocenters. The summed E-state index contributed by atoms with van der Waals surface area (Å²) in [4.78, 5) is 8.60. The van der Waals surface area contributed by atoms with Gasteiger partial charge < -0.3 is 20.2 Å². The van der Waals surface area contributed by atoms with Crippen molar-refractivity contribution in [1.29, 1.82) is 0 Å². The minimum Gasteiger partial charge on any atom is -0.493 e. The van der Waals surface area contributed by atoms with Crippen molar-refractivity contribution in [3.05, 3.63) is 47.7 Å². The lowest BCUT2D eigenvalue weighted by Crippen LogP contribution is -2.37. The number of hydrogen-bond acceptors (Lipinski definition) is 4. The van der Waals surface area contributed by atoms with Gasteiger partial charge >= 0.3 is 0 Å². The van der Waals surface area contributed by atoms with Gasteiger partial charge in [-0.3, -0.25) is 0 Å². The molecule has 0 saturated carbocycles. The van der Waals surface area contributed by atoms with E-state index in [0.29, 0.717) is 25.0 Å². The highest BCUT2D eigenvalue weighted by molar-refractivity contribution is 14.0. The molecule has 0 bridgehead atoms. The first-order valence-electron chi connectivity index (χ1n) is 8.17. The van der Waals surface area contributed by atoms with E-state index in [4.69, 9.17) is 14.9 Å². The fourth-order valence-electron chi connectivity index (χ4n) is 2.60. The first kappa shape index (κ1) is 19.6. The second-order valence-corrected chi connectivity index (χ2v) is 6.94. The van der Waals surface area contributed by atoms with Crippen LogP contribution in [0.15, 0.2) is 39.9 Å². The Morgan fingerprint density at radius 3 is 2.84 bits per heavy atom. The molecule has 0 radical (unpaired) electrons. The van der Waals surface area contributed by atoms with Gasteiger partial charge in [-0.25, -0.2) is 9.98 Å². The lowest BCUT2D eigenvalue weighted by molar-refractivity contribution is 0.262. The molecule has 1 aliphatic heterocycles.